The van der Waals surface area contributed by atoms with Crippen molar-refractivity contribution < 1.29 is 17.5 Å². The van der Waals surface area contributed by atoms with Crippen molar-refractivity contribution in [1.29, 1.82) is 5.26 Å². The van der Waals surface area contributed by atoms with Gasteiger partial charge in [-0.3, -0.25) is 0 Å². The van der Waals surface area contributed by atoms with Crippen LogP contribution in [0.5, 0.6) is 5.75 Å². The summed E-state index contributed by atoms with van der Waals surface area (Å²) in [5.74, 6) is -0.816. The average Bonchev–Trinajstić information content (AvgIpc) is 2.35. The molecule has 20 heavy (non-hydrogen) atoms. The van der Waals surface area contributed by atoms with E-state index in [1.807, 2.05) is 13.8 Å². The minimum absolute atomic E-state index is 0.0350. The highest BCUT2D eigenvalue weighted by atomic mass is 32.2. The summed E-state index contributed by atoms with van der Waals surface area (Å²) in [4.78, 5) is -0.298. The van der Waals surface area contributed by atoms with Crippen molar-refractivity contribution >= 4 is 10.0 Å². The number of nitrogens with zero attached hydrogens (tertiary/aromatic N) is 1. The lowest BCUT2D eigenvalue weighted by Gasteiger charge is -2.15. The van der Waals surface area contributed by atoms with Gasteiger partial charge in [-0.05, 0) is 44.9 Å². The Kier molecular flexibility index (Phi) is 5.09. The Labute approximate surface area is 118 Å². The number of sulfonamides is 1. The molecule has 0 radical (unpaired) electrons. The van der Waals surface area contributed by atoms with E-state index in [9.17, 15) is 12.8 Å². The Balaban J connectivity index is 2.61. The van der Waals surface area contributed by atoms with Crippen LogP contribution in [0.15, 0.2) is 23.1 Å². The van der Waals surface area contributed by atoms with Crippen LogP contribution in [0.2, 0.25) is 0 Å². The number of rotatable bonds is 6. The third-order valence-electron chi connectivity index (χ3n) is 2.74. The van der Waals surface area contributed by atoms with Crippen LogP contribution in [0.4, 0.5) is 4.39 Å². The Bertz CT molecular complexity index is 621. The molecule has 0 fully saturated rings. The van der Waals surface area contributed by atoms with Gasteiger partial charge >= 0.3 is 0 Å². The molecule has 0 saturated heterocycles. The molecule has 5 nitrogen and oxygen atoms in total. The summed E-state index contributed by atoms with van der Waals surface area (Å²) in [6.07, 6.45) is 1.22. The molecule has 0 amide bonds. The summed E-state index contributed by atoms with van der Waals surface area (Å²) in [7, 11) is -3.92. The summed E-state index contributed by atoms with van der Waals surface area (Å²) in [6.45, 7) is 3.87. The van der Waals surface area contributed by atoms with Crippen LogP contribution >= 0.6 is 0 Å². The molecule has 1 rings (SSSR count). The first-order valence-corrected chi connectivity index (χ1v) is 7.57. The Hall–Kier alpha value is -1.65. The normalized spacial score (nSPS) is 11.9. The van der Waals surface area contributed by atoms with Crippen LogP contribution in [-0.4, -0.2) is 15.0 Å². The molecular formula is C13H17FN2O3S. The molecule has 110 valence electrons. The average molecular weight is 300 g/mol. The summed E-state index contributed by atoms with van der Waals surface area (Å²) in [5, 5.41) is 13.7. The SMILES string of the molecule is CC(C)(C#N)CCCOc1ccc(S(N)(=O)=O)cc1F. The van der Waals surface area contributed by atoms with Gasteiger partial charge in [0.25, 0.3) is 0 Å². The van der Waals surface area contributed by atoms with Crippen molar-refractivity contribution in [3.63, 3.8) is 0 Å². The molecule has 0 bridgehead atoms. The molecule has 0 spiro atoms. The summed E-state index contributed by atoms with van der Waals surface area (Å²) in [5.41, 5.74) is -0.445. The minimum Gasteiger partial charge on any atom is -0.491 e. The first kappa shape index (κ1) is 16.4. The van der Waals surface area contributed by atoms with Gasteiger partial charge in [0.15, 0.2) is 11.6 Å². The van der Waals surface area contributed by atoms with E-state index in [0.717, 1.165) is 6.07 Å². The Morgan fingerprint density at radius 2 is 2.10 bits per heavy atom. The number of hydrogen-bond acceptors (Lipinski definition) is 4. The van der Waals surface area contributed by atoms with Crippen molar-refractivity contribution in [2.24, 2.45) is 10.6 Å². The van der Waals surface area contributed by atoms with Gasteiger partial charge in [-0.1, -0.05) is 0 Å². The lowest BCUT2D eigenvalue weighted by molar-refractivity contribution is 0.272. The number of primary sulfonamides is 1. The first-order chi connectivity index (χ1) is 9.15. The lowest BCUT2D eigenvalue weighted by Crippen LogP contribution is -2.13. The smallest absolute Gasteiger partial charge is 0.238 e. The quantitative estimate of drug-likeness (QED) is 0.815. The number of halogens is 1. The van der Waals surface area contributed by atoms with Crippen molar-refractivity contribution in [2.45, 2.75) is 31.6 Å². The third-order valence-corrected chi connectivity index (χ3v) is 3.65. The number of nitrogens with two attached hydrogens (primary N) is 1. The van der Waals surface area contributed by atoms with E-state index in [-0.39, 0.29) is 17.3 Å². The molecule has 0 atom stereocenters. The van der Waals surface area contributed by atoms with Gasteiger partial charge in [-0.15, -0.1) is 0 Å². The molecule has 0 saturated carbocycles. The third kappa shape index (κ3) is 4.79. The molecule has 1 aromatic rings. The highest BCUT2D eigenvalue weighted by molar-refractivity contribution is 7.89. The predicted octanol–water partition coefficient (Wildman–Crippen LogP) is 2.18. The first-order valence-electron chi connectivity index (χ1n) is 6.02. The number of ether oxygens (including phenoxy) is 1. The van der Waals surface area contributed by atoms with Crippen molar-refractivity contribution in [3.05, 3.63) is 24.0 Å². The molecule has 0 aliphatic carbocycles. The van der Waals surface area contributed by atoms with Gasteiger partial charge in [0.05, 0.1) is 23.0 Å². The van der Waals surface area contributed by atoms with Gasteiger partial charge in [-0.2, -0.15) is 5.26 Å². The van der Waals surface area contributed by atoms with Gasteiger partial charge in [-0.25, -0.2) is 17.9 Å². The van der Waals surface area contributed by atoms with Crippen molar-refractivity contribution in [2.75, 3.05) is 6.61 Å². The van der Waals surface area contributed by atoms with Crippen molar-refractivity contribution in [3.8, 4) is 11.8 Å². The van der Waals surface area contributed by atoms with Crippen LogP contribution in [0, 0.1) is 22.6 Å². The molecule has 0 aromatic heterocycles. The van der Waals surface area contributed by atoms with Crippen LogP contribution in [0.3, 0.4) is 0 Å². The monoisotopic (exact) mass is 300 g/mol. The molecule has 0 aliphatic heterocycles. The van der Waals surface area contributed by atoms with Crippen LogP contribution in [0.1, 0.15) is 26.7 Å². The fraction of sp³-hybridized carbons (Fsp3) is 0.462. The zero-order valence-electron chi connectivity index (χ0n) is 11.4. The summed E-state index contributed by atoms with van der Waals surface area (Å²) < 4.78 is 40.9. The van der Waals surface area contributed by atoms with Crippen LogP contribution in [-0.2, 0) is 10.0 Å². The standard InChI is InChI=1S/C13H17FN2O3S/c1-13(2,9-15)6-3-7-19-12-5-4-10(8-11(12)14)20(16,17)18/h4-5,8H,3,6-7H2,1-2H3,(H2,16,17,18). The highest BCUT2D eigenvalue weighted by Crippen LogP contribution is 2.23. The minimum atomic E-state index is -3.92. The molecule has 0 heterocycles. The van der Waals surface area contributed by atoms with Crippen molar-refractivity contribution in [1.82, 2.24) is 0 Å². The van der Waals surface area contributed by atoms with Gasteiger partial charge in [0.2, 0.25) is 10.0 Å². The zero-order valence-corrected chi connectivity index (χ0v) is 12.2. The van der Waals surface area contributed by atoms with E-state index < -0.39 is 21.3 Å². The van der Waals surface area contributed by atoms with Gasteiger partial charge < -0.3 is 4.74 Å². The Morgan fingerprint density at radius 1 is 1.45 bits per heavy atom. The maximum absolute atomic E-state index is 13.6. The molecule has 7 heteroatoms. The van der Waals surface area contributed by atoms with E-state index in [2.05, 4.69) is 6.07 Å². The highest BCUT2D eigenvalue weighted by Gasteiger charge is 2.16. The lowest BCUT2D eigenvalue weighted by atomic mass is 9.90. The van der Waals surface area contributed by atoms with Gasteiger partial charge in [0.1, 0.15) is 0 Å². The molecule has 2 N–H and O–H groups in total. The second-order valence-corrected chi connectivity index (χ2v) is 6.65. The molecular weight excluding hydrogens is 283 g/mol. The van der Waals surface area contributed by atoms with Gasteiger partial charge in [0, 0.05) is 0 Å². The van der Waals surface area contributed by atoms with E-state index in [0.29, 0.717) is 12.8 Å². The predicted molar refractivity (Wildman–Crippen MR) is 71.9 cm³/mol. The second-order valence-electron chi connectivity index (χ2n) is 5.08. The fourth-order valence-electron chi connectivity index (χ4n) is 1.53. The van der Waals surface area contributed by atoms with E-state index in [1.54, 1.807) is 0 Å². The van der Waals surface area contributed by atoms with E-state index >= 15 is 0 Å². The second kappa shape index (κ2) is 6.20. The molecule has 1 aromatic carbocycles. The number of hydrogen-bond donors (Lipinski definition) is 1. The fourth-order valence-corrected chi connectivity index (χ4v) is 2.05. The number of nitriles is 1. The summed E-state index contributed by atoms with van der Waals surface area (Å²) in [6, 6.07) is 5.40. The summed E-state index contributed by atoms with van der Waals surface area (Å²) >= 11 is 0. The van der Waals surface area contributed by atoms with Crippen LogP contribution < -0.4 is 9.88 Å². The zero-order chi connectivity index (χ0) is 15.4. The maximum Gasteiger partial charge on any atom is 0.238 e. The largest absolute Gasteiger partial charge is 0.491 e. The molecule has 0 unspecified atom stereocenters. The van der Waals surface area contributed by atoms with E-state index in [1.165, 1.54) is 12.1 Å². The molecule has 0 aliphatic rings. The topological polar surface area (TPSA) is 93.2 Å². The van der Waals surface area contributed by atoms with E-state index in [4.69, 9.17) is 15.1 Å². The maximum atomic E-state index is 13.6. The van der Waals surface area contributed by atoms with Crippen LogP contribution in [0.25, 0.3) is 0 Å². The number of benzene rings is 1. The Morgan fingerprint density at radius 3 is 2.60 bits per heavy atom.